The monoisotopic (exact) mass is 258 g/mol. The topological polar surface area (TPSA) is 76.0 Å². The molecule has 2 aromatic rings. The van der Waals surface area contributed by atoms with Crippen molar-refractivity contribution in [1.82, 2.24) is 9.78 Å². The van der Waals surface area contributed by atoms with E-state index in [2.05, 4.69) is 15.7 Å². The van der Waals surface area contributed by atoms with Gasteiger partial charge in [-0.05, 0) is 24.3 Å². The maximum atomic E-state index is 11.9. The summed E-state index contributed by atoms with van der Waals surface area (Å²) in [6.07, 6.45) is 1.75. The van der Waals surface area contributed by atoms with Crippen LogP contribution < -0.4 is 10.6 Å². The molecule has 2 rings (SSSR count). The van der Waals surface area contributed by atoms with Gasteiger partial charge in [-0.15, -0.1) is 0 Å². The molecule has 19 heavy (non-hydrogen) atoms. The fourth-order valence-corrected chi connectivity index (χ4v) is 1.58. The van der Waals surface area contributed by atoms with Gasteiger partial charge in [0.25, 0.3) is 5.91 Å². The molecule has 0 aliphatic carbocycles. The minimum atomic E-state index is -0.243. The van der Waals surface area contributed by atoms with Crippen LogP contribution in [0.1, 0.15) is 17.3 Å². The molecule has 0 bridgehead atoms. The van der Waals surface area contributed by atoms with Crippen molar-refractivity contribution >= 4 is 23.3 Å². The third-order valence-electron chi connectivity index (χ3n) is 2.42. The average molecular weight is 258 g/mol. The standard InChI is InChI=1S/C13H14N4O2/c1-9(18)14-11-5-3-10(4-6-11)13(19)15-12-7-8-17(2)16-12/h3-8H,1-2H3,(H,14,18)(H,15,16,19). The molecule has 0 spiro atoms. The van der Waals surface area contributed by atoms with E-state index < -0.39 is 0 Å². The van der Waals surface area contributed by atoms with Crippen LogP contribution in [0.2, 0.25) is 0 Å². The molecule has 2 N–H and O–H groups in total. The van der Waals surface area contributed by atoms with Gasteiger partial charge in [-0.1, -0.05) is 0 Å². The molecule has 6 heteroatoms. The van der Waals surface area contributed by atoms with Crippen LogP contribution in [-0.2, 0) is 11.8 Å². The van der Waals surface area contributed by atoms with Crippen LogP contribution in [-0.4, -0.2) is 21.6 Å². The maximum absolute atomic E-state index is 11.9. The second kappa shape index (κ2) is 5.34. The first-order valence-corrected chi connectivity index (χ1v) is 5.73. The number of hydrogen-bond donors (Lipinski definition) is 2. The van der Waals surface area contributed by atoms with E-state index in [4.69, 9.17) is 0 Å². The van der Waals surface area contributed by atoms with E-state index in [1.165, 1.54) is 6.92 Å². The van der Waals surface area contributed by atoms with Crippen LogP contribution in [0.5, 0.6) is 0 Å². The minimum absolute atomic E-state index is 0.148. The molecular weight excluding hydrogens is 244 g/mol. The summed E-state index contributed by atoms with van der Waals surface area (Å²) in [6, 6.07) is 8.35. The van der Waals surface area contributed by atoms with Gasteiger partial charge in [0.1, 0.15) is 0 Å². The van der Waals surface area contributed by atoms with E-state index in [1.54, 1.807) is 48.3 Å². The third kappa shape index (κ3) is 3.41. The number of hydrogen-bond acceptors (Lipinski definition) is 3. The lowest BCUT2D eigenvalue weighted by Gasteiger charge is -2.04. The van der Waals surface area contributed by atoms with Crippen LogP contribution in [0, 0.1) is 0 Å². The Hall–Kier alpha value is -2.63. The Kier molecular flexibility index (Phi) is 3.61. The van der Waals surface area contributed by atoms with Crippen molar-refractivity contribution in [3.63, 3.8) is 0 Å². The van der Waals surface area contributed by atoms with Crippen LogP contribution >= 0.6 is 0 Å². The fraction of sp³-hybridized carbons (Fsp3) is 0.154. The Bertz CT molecular complexity index is 601. The lowest BCUT2D eigenvalue weighted by molar-refractivity contribution is -0.114. The van der Waals surface area contributed by atoms with Gasteiger partial charge >= 0.3 is 0 Å². The number of carbonyl (C=O) groups excluding carboxylic acids is 2. The van der Waals surface area contributed by atoms with Gasteiger partial charge in [-0.25, -0.2) is 0 Å². The van der Waals surface area contributed by atoms with Gasteiger partial charge in [-0.3, -0.25) is 14.3 Å². The number of aromatic nitrogens is 2. The highest BCUT2D eigenvalue weighted by atomic mass is 16.2. The molecule has 0 unspecified atom stereocenters. The number of aryl methyl sites for hydroxylation is 1. The van der Waals surface area contributed by atoms with Gasteiger partial charge in [0.2, 0.25) is 5.91 Å². The van der Waals surface area contributed by atoms with E-state index in [-0.39, 0.29) is 11.8 Å². The molecule has 6 nitrogen and oxygen atoms in total. The molecule has 0 radical (unpaired) electrons. The predicted molar refractivity (Wildman–Crippen MR) is 71.9 cm³/mol. The molecule has 1 aromatic heterocycles. The number of nitrogens with zero attached hydrogens (tertiary/aromatic N) is 2. The van der Waals surface area contributed by atoms with Crippen LogP contribution in [0.15, 0.2) is 36.5 Å². The zero-order valence-electron chi connectivity index (χ0n) is 10.7. The summed E-state index contributed by atoms with van der Waals surface area (Å²) in [4.78, 5) is 22.8. The Balaban J connectivity index is 2.05. The lowest BCUT2D eigenvalue weighted by Crippen LogP contribution is -2.13. The molecule has 0 saturated heterocycles. The van der Waals surface area contributed by atoms with E-state index in [1.807, 2.05) is 0 Å². The Labute approximate surface area is 110 Å². The molecule has 2 amide bonds. The highest BCUT2D eigenvalue weighted by Gasteiger charge is 2.07. The smallest absolute Gasteiger partial charge is 0.256 e. The van der Waals surface area contributed by atoms with Gasteiger partial charge in [-0.2, -0.15) is 5.10 Å². The van der Waals surface area contributed by atoms with Crippen molar-refractivity contribution in [3.05, 3.63) is 42.1 Å². The van der Waals surface area contributed by atoms with Crippen LogP contribution in [0.4, 0.5) is 11.5 Å². The molecule has 0 aliphatic heterocycles. The van der Waals surface area contributed by atoms with Crippen molar-refractivity contribution in [2.75, 3.05) is 10.6 Å². The van der Waals surface area contributed by atoms with Gasteiger partial charge in [0, 0.05) is 37.5 Å². The molecule has 1 heterocycles. The van der Waals surface area contributed by atoms with Gasteiger partial charge < -0.3 is 10.6 Å². The zero-order valence-corrected chi connectivity index (χ0v) is 10.7. The number of amides is 2. The first-order chi connectivity index (χ1) is 9.04. The van der Waals surface area contributed by atoms with Crippen molar-refractivity contribution in [1.29, 1.82) is 0 Å². The van der Waals surface area contributed by atoms with Crippen molar-refractivity contribution in [2.45, 2.75) is 6.92 Å². The normalized spacial score (nSPS) is 10.0. The average Bonchev–Trinajstić information content (AvgIpc) is 2.75. The number of benzene rings is 1. The first-order valence-electron chi connectivity index (χ1n) is 5.73. The summed E-state index contributed by atoms with van der Waals surface area (Å²) < 4.78 is 1.61. The second-order valence-corrected chi connectivity index (χ2v) is 4.09. The summed E-state index contributed by atoms with van der Waals surface area (Å²) >= 11 is 0. The minimum Gasteiger partial charge on any atom is -0.326 e. The Morgan fingerprint density at radius 3 is 2.32 bits per heavy atom. The van der Waals surface area contributed by atoms with Crippen LogP contribution in [0.3, 0.4) is 0 Å². The van der Waals surface area contributed by atoms with Crippen LogP contribution in [0.25, 0.3) is 0 Å². The van der Waals surface area contributed by atoms with Gasteiger partial charge in [0.05, 0.1) is 0 Å². The molecule has 0 saturated carbocycles. The molecule has 0 fully saturated rings. The Morgan fingerprint density at radius 1 is 1.11 bits per heavy atom. The predicted octanol–water partition coefficient (Wildman–Crippen LogP) is 1.63. The van der Waals surface area contributed by atoms with Crippen molar-refractivity contribution < 1.29 is 9.59 Å². The number of anilines is 2. The first kappa shape index (κ1) is 12.8. The van der Waals surface area contributed by atoms with E-state index in [0.717, 1.165) is 0 Å². The molecule has 0 aliphatic rings. The summed E-state index contributed by atoms with van der Waals surface area (Å²) in [7, 11) is 1.78. The van der Waals surface area contributed by atoms with Crippen molar-refractivity contribution in [2.24, 2.45) is 7.05 Å². The van der Waals surface area contributed by atoms with E-state index in [9.17, 15) is 9.59 Å². The Morgan fingerprint density at radius 2 is 1.79 bits per heavy atom. The number of carbonyl (C=O) groups is 2. The number of nitrogens with one attached hydrogen (secondary N) is 2. The quantitative estimate of drug-likeness (QED) is 0.878. The summed E-state index contributed by atoms with van der Waals surface area (Å²) in [5.74, 6) is 0.109. The maximum Gasteiger partial charge on any atom is 0.256 e. The molecular formula is C13H14N4O2. The second-order valence-electron chi connectivity index (χ2n) is 4.09. The lowest BCUT2D eigenvalue weighted by atomic mass is 10.2. The summed E-state index contributed by atoms with van der Waals surface area (Å²) in [5, 5.41) is 9.38. The SMILES string of the molecule is CC(=O)Nc1ccc(C(=O)Nc2ccn(C)n2)cc1. The zero-order chi connectivity index (χ0) is 13.8. The fourth-order valence-electron chi connectivity index (χ4n) is 1.58. The summed E-state index contributed by atoms with van der Waals surface area (Å²) in [5.41, 5.74) is 1.15. The highest BCUT2D eigenvalue weighted by Crippen LogP contribution is 2.11. The van der Waals surface area contributed by atoms with E-state index in [0.29, 0.717) is 17.1 Å². The van der Waals surface area contributed by atoms with E-state index >= 15 is 0 Å². The van der Waals surface area contributed by atoms with Crippen molar-refractivity contribution in [3.8, 4) is 0 Å². The third-order valence-corrected chi connectivity index (χ3v) is 2.42. The van der Waals surface area contributed by atoms with Gasteiger partial charge in [0.15, 0.2) is 5.82 Å². The summed E-state index contributed by atoms with van der Waals surface area (Å²) in [6.45, 7) is 1.43. The molecule has 1 aromatic carbocycles. The highest BCUT2D eigenvalue weighted by molar-refractivity contribution is 6.04. The molecule has 0 atom stereocenters. The largest absolute Gasteiger partial charge is 0.326 e. The number of rotatable bonds is 3. The molecule has 98 valence electrons.